The molecule has 0 atom stereocenters. The fourth-order valence-corrected chi connectivity index (χ4v) is 5.88. The van der Waals surface area contributed by atoms with E-state index in [2.05, 4.69) is 54.3 Å². The molecule has 3 N–H and O–H groups in total. The van der Waals surface area contributed by atoms with Gasteiger partial charge in [0.25, 0.3) is 11.5 Å². The van der Waals surface area contributed by atoms with E-state index in [9.17, 15) is 9.59 Å². The maximum absolute atomic E-state index is 13.3. The van der Waals surface area contributed by atoms with E-state index in [0.717, 1.165) is 48.3 Å². The van der Waals surface area contributed by atoms with E-state index in [-0.39, 0.29) is 5.56 Å². The minimum Gasteiger partial charge on any atom is -0.382 e. The van der Waals surface area contributed by atoms with Gasteiger partial charge >= 0.3 is 0 Å². The second kappa shape index (κ2) is 10.9. The summed E-state index contributed by atoms with van der Waals surface area (Å²) in [6, 6.07) is 14.7. The Labute approximate surface area is 245 Å². The molecular formula is C30H29BrN8O2. The first-order valence-corrected chi connectivity index (χ1v) is 14.2. The number of benzene rings is 1. The van der Waals surface area contributed by atoms with Crippen LogP contribution in [-0.2, 0) is 0 Å². The molecule has 6 rings (SSSR count). The summed E-state index contributed by atoms with van der Waals surface area (Å²) in [6.45, 7) is 3.88. The van der Waals surface area contributed by atoms with Crippen molar-refractivity contribution in [2.75, 3.05) is 31.2 Å². The molecule has 0 radical (unpaired) electrons. The third-order valence-corrected chi connectivity index (χ3v) is 8.54. The largest absolute Gasteiger partial charge is 0.382 e. The smallest absolute Gasteiger partial charge is 0.268 e. The molecule has 1 aliphatic rings. The summed E-state index contributed by atoms with van der Waals surface area (Å²) in [5, 5.41) is 7.40. The van der Waals surface area contributed by atoms with Crippen LogP contribution in [0, 0.1) is 6.92 Å². The molecule has 0 aliphatic carbocycles. The summed E-state index contributed by atoms with van der Waals surface area (Å²) in [4.78, 5) is 37.3. The van der Waals surface area contributed by atoms with E-state index in [1.54, 1.807) is 37.5 Å². The second-order valence-corrected chi connectivity index (χ2v) is 11.2. The number of fused-ring (bicyclic) bond motifs is 1. The highest BCUT2D eigenvalue weighted by atomic mass is 79.9. The molecule has 0 bridgehead atoms. The van der Waals surface area contributed by atoms with Crippen LogP contribution in [0.2, 0.25) is 0 Å². The first-order chi connectivity index (χ1) is 19.8. The number of nitrogens with two attached hydrogens (primary N) is 1. The minimum absolute atomic E-state index is 0.0153. The molecule has 10 nitrogen and oxygen atoms in total. The van der Waals surface area contributed by atoms with Gasteiger partial charge in [-0.15, -0.1) is 0 Å². The van der Waals surface area contributed by atoms with Crippen molar-refractivity contribution in [2.45, 2.75) is 25.7 Å². The molecule has 0 spiro atoms. The number of likely N-dealkylation sites (tertiary alicyclic amines) is 1. The van der Waals surface area contributed by atoms with E-state index in [1.165, 1.54) is 10.9 Å². The van der Waals surface area contributed by atoms with Gasteiger partial charge in [0.05, 0.1) is 11.9 Å². The molecule has 4 aromatic heterocycles. The van der Waals surface area contributed by atoms with Gasteiger partial charge in [-0.05, 0) is 97.8 Å². The van der Waals surface area contributed by atoms with Gasteiger partial charge in [-0.3, -0.25) is 19.1 Å². The predicted octanol–water partition coefficient (Wildman–Crippen LogP) is 4.66. The van der Waals surface area contributed by atoms with Crippen molar-refractivity contribution in [1.29, 1.82) is 0 Å². The molecule has 41 heavy (non-hydrogen) atoms. The van der Waals surface area contributed by atoms with Crippen LogP contribution >= 0.6 is 15.9 Å². The molecule has 0 unspecified atom stereocenters. The van der Waals surface area contributed by atoms with Gasteiger partial charge in [-0.2, -0.15) is 5.10 Å². The Morgan fingerprint density at radius 1 is 1.12 bits per heavy atom. The zero-order valence-electron chi connectivity index (χ0n) is 22.7. The molecule has 1 aliphatic heterocycles. The summed E-state index contributed by atoms with van der Waals surface area (Å²) in [6.07, 6.45) is 6.81. The molecule has 1 fully saturated rings. The highest BCUT2D eigenvalue weighted by Crippen LogP contribution is 2.36. The van der Waals surface area contributed by atoms with E-state index in [1.807, 2.05) is 28.8 Å². The number of nitrogens with zero attached hydrogens (tertiary/aromatic N) is 6. The predicted molar refractivity (Wildman–Crippen MR) is 163 cm³/mol. The van der Waals surface area contributed by atoms with Gasteiger partial charge in [0.1, 0.15) is 17.4 Å². The summed E-state index contributed by atoms with van der Waals surface area (Å²) < 4.78 is 4.04. The topological polar surface area (TPSA) is 123 Å². The van der Waals surface area contributed by atoms with Crippen LogP contribution in [0.3, 0.4) is 0 Å². The van der Waals surface area contributed by atoms with Crippen molar-refractivity contribution in [3.05, 3.63) is 99.0 Å². The molecule has 208 valence electrons. The maximum atomic E-state index is 13.3. The number of nitrogen functional groups attached to an aromatic ring is 1. The van der Waals surface area contributed by atoms with Gasteiger partial charge in [0, 0.05) is 39.2 Å². The number of carbonyl (C=O) groups excluding carboxylic acids is 1. The lowest BCUT2D eigenvalue weighted by Crippen LogP contribution is -2.30. The lowest BCUT2D eigenvalue weighted by atomic mass is 9.93. The third-order valence-electron chi connectivity index (χ3n) is 7.74. The number of hydrogen-bond acceptors (Lipinski definition) is 7. The van der Waals surface area contributed by atoms with Crippen molar-refractivity contribution in [2.24, 2.45) is 0 Å². The molecule has 1 saturated heterocycles. The number of carbonyl (C=O) groups is 1. The number of halogens is 1. The average molecular weight is 614 g/mol. The number of aromatic nitrogens is 5. The van der Waals surface area contributed by atoms with Gasteiger partial charge in [0.15, 0.2) is 5.82 Å². The zero-order chi connectivity index (χ0) is 28.7. The molecule has 5 aromatic rings. The summed E-state index contributed by atoms with van der Waals surface area (Å²) in [5.41, 5.74) is 11.5. The van der Waals surface area contributed by atoms with E-state index >= 15 is 0 Å². The second-order valence-electron chi connectivity index (χ2n) is 10.3. The van der Waals surface area contributed by atoms with Crippen LogP contribution in [0.5, 0.6) is 0 Å². The van der Waals surface area contributed by atoms with Crippen LogP contribution in [-0.4, -0.2) is 55.1 Å². The average Bonchev–Trinajstić information content (AvgIpc) is 3.37. The molecular weight excluding hydrogens is 584 g/mol. The first-order valence-electron chi connectivity index (χ1n) is 13.4. The highest BCUT2D eigenvalue weighted by Gasteiger charge is 2.25. The standard InChI is InChI=1S/C30H29BrN8O2/c1-18-25(31)14-24(30(41)38(18)22-4-3-11-33-16-22)29(40)36-21-7-5-19(6-8-21)23-15-26(20-9-12-37(2)13-10-20)39-27(23)28(32)34-17-35-39/h3-8,11,14-17,20H,9-10,12-13H2,1-2H3,(H,36,40)(H2,32,34,35). The van der Waals surface area contributed by atoms with Gasteiger partial charge in [0.2, 0.25) is 0 Å². The lowest BCUT2D eigenvalue weighted by Gasteiger charge is -2.28. The van der Waals surface area contributed by atoms with Crippen LogP contribution in [0.15, 0.2) is 76.5 Å². The summed E-state index contributed by atoms with van der Waals surface area (Å²) >= 11 is 3.49. The van der Waals surface area contributed by atoms with E-state index in [4.69, 9.17) is 5.73 Å². The van der Waals surface area contributed by atoms with Gasteiger partial charge < -0.3 is 16.0 Å². The number of piperidine rings is 1. The number of nitrogens with one attached hydrogen (secondary N) is 1. The Kier molecular flexibility index (Phi) is 7.14. The number of pyridine rings is 2. The Bertz CT molecular complexity index is 1810. The zero-order valence-corrected chi connectivity index (χ0v) is 24.3. The quantitative estimate of drug-likeness (QED) is 0.296. The summed E-state index contributed by atoms with van der Waals surface area (Å²) in [7, 11) is 2.15. The fourth-order valence-electron chi connectivity index (χ4n) is 5.47. The number of hydrogen-bond donors (Lipinski definition) is 2. The first kappa shape index (κ1) is 26.9. The van der Waals surface area contributed by atoms with Crippen LogP contribution in [0.4, 0.5) is 11.5 Å². The SMILES string of the molecule is Cc1c(Br)cc(C(=O)Nc2ccc(-c3cc(C4CCN(C)CC4)n4ncnc(N)c34)cc2)c(=O)n1-c1cccnc1. The molecule has 0 saturated carbocycles. The Morgan fingerprint density at radius 2 is 1.88 bits per heavy atom. The van der Waals surface area contributed by atoms with Crippen molar-refractivity contribution in [3.63, 3.8) is 0 Å². The number of anilines is 2. The van der Waals surface area contributed by atoms with E-state index < -0.39 is 11.5 Å². The maximum Gasteiger partial charge on any atom is 0.268 e. The van der Waals surface area contributed by atoms with Crippen molar-refractivity contribution in [3.8, 4) is 16.8 Å². The molecule has 1 amide bonds. The lowest BCUT2D eigenvalue weighted by molar-refractivity contribution is 0.102. The van der Waals surface area contributed by atoms with Crippen LogP contribution in [0.1, 0.15) is 40.5 Å². The molecule has 5 heterocycles. The third kappa shape index (κ3) is 5.02. The Balaban J connectivity index is 1.30. The van der Waals surface area contributed by atoms with Crippen molar-refractivity contribution < 1.29 is 4.79 Å². The van der Waals surface area contributed by atoms with Crippen molar-refractivity contribution >= 4 is 38.9 Å². The number of amides is 1. The minimum atomic E-state index is -0.502. The van der Waals surface area contributed by atoms with Crippen LogP contribution < -0.4 is 16.6 Å². The normalized spacial score (nSPS) is 14.4. The monoisotopic (exact) mass is 612 g/mol. The van der Waals surface area contributed by atoms with E-state index in [0.29, 0.717) is 33.3 Å². The molecule has 11 heteroatoms. The molecule has 1 aromatic carbocycles. The van der Waals surface area contributed by atoms with Crippen LogP contribution in [0.25, 0.3) is 22.3 Å². The summed E-state index contributed by atoms with van der Waals surface area (Å²) in [5.74, 6) is 0.295. The highest BCUT2D eigenvalue weighted by molar-refractivity contribution is 9.10. The van der Waals surface area contributed by atoms with Crippen molar-refractivity contribution in [1.82, 2.24) is 29.0 Å². The van der Waals surface area contributed by atoms with Gasteiger partial charge in [-0.1, -0.05) is 12.1 Å². The fraction of sp³-hybridized carbons (Fsp3) is 0.233. The Hall–Kier alpha value is -4.35. The Morgan fingerprint density at radius 3 is 2.59 bits per heavy atom. The van der Waals surface area contributed by atoms with Gasteiger partial charge in [-0.25, -0.2) is 9.50 Å². The number of rotatable bonds is 5.